The molecule has 0 saturated carbocycles. The molecule has 5 atom stereocenters. The number of hydrogen-bond donors (Lipinski definition) is 4. The molecular weight excluding hydrogens is 1390 g/mol. The number of ether oxygens (including phenoxy) is 3. The number of carbonyl (C=O) groups excluding carboxylic acids is 3. The first-order valence-electron chi connectivity index (χ1n) is 42.8. The van der Waals surface area contributed by atoms with Gasteiger partial charge in [0.15, 0.2) is 6.10 Å². The first kappa shape index (κ1) is 103. The van der Waals surface area contributed by atoms with E-state index in [1.54, 1.807) is 0 Å². The number of phosphoric ester groups is 2. The van der Waals surface area contributed by atoms with Crippen molar-refractivity contribution in [1.29, 1.82) is 0 Å². The van der Waals surface area contributed by atoms with E-state index in [1.165, 1.54) is 167 Å². The molecule has 107 heavy (non-hydrogen) atoms. The van der Waals surface area contributed by atoms with E-state index in [4.69, 9.17) is 32.3 Å². The molecule has 0 aromatic heterocycles. The topological polar surface area (TPSA) is 231 Å². The number of esters is 3. The van der Waals surface area contributed by atoms with Crippen LogP contribution in [0.3, 0.4) is 0 Å². The van der Waals surface area contributed by atoms with Gasteiger partial charge in [-0.25, -0.2) is 9.13 Å². The van der Waals surface area contributed by atoms with E-state index in [2.05, 4.69) is 142 Å². The number of phosphoric acid groups is 2. The third-order valence-electron chi connectivity index (χ3n) is 18.2. The lowest BCUT2D eigenvalue weighted by molar-refractivity contribution is -0.161. The molecule has 0 aliphatic rings. The highest BCUT2D eigenvalue weighted by atomic mass is 31.2. The zero-order valence-corrected chi connectivity index (χ0v) is 69.6. The Hall–Kier alpha value is -4.05. The summed E-state index contributed by atoms with van der Waals surface area (Å²) in [5.74, 6) is -1.56. The molecule has 0 bridgehead atoms. The smallest absolute Gasteiger partial charge is 0.463 e. The Morgan fingerprint density at radius 3 is 0.785 bits per heavy atom. The lowest BCUT2D eigenvalue weighted by atomic mass is 10.0. The maximum Gasteiger partial charge on any atom is 0.472 e. The molecule has 0 heterocycles. The summed E-state index contributed by atoms with van der Waals surface area (Å²) in [7, 11) is -9.79. The lowest BCUT2D eigenvalue weighted by Gasteiger charge is -2.21. The molecule has 0 aliphatic heterocycles. The summed E-state index contributed by atoms with van der Waals surface area (Å²) in [6, 6.07) is 0. The van der Waals surface area contributed by atoms with Crippen molar-refractivity contribution in [3.63, 3.8) is 0 Å². The van der Waals surface area contributed by atoms with Crippen molar-refractivity contribution in [2.45, 2.75) is 386 Å². The second-order valence-corrected chi connectivity index (χ2v) is 31.5. The molecule has 618 valence electrons. The number of hydrogen-bond acceptors (Lipinski definition) is 14. The van der Waals surface area contributed by atoms with Crippen molar-refractivity contribution in [2.75, 3.05) is 39.6 Å². The Kier molecular flexibility index (Phi) is 78.4. The van der Waals surface area contributed by atoms with Gasteiger partial charge in [0.25, 0.3) is 0 Å². The fourth-order valence-electron chi connectivity index (χ4n) is 11.7. The second-order valence-electron chi connectivity index (χ2n) is 28.6. The van der Waals surface area contributed by atoms with Crippen molar-refractivity contribution in [2.24, 2.45) is 0 Å². The molecule has 0 saturated heterocycles. The molecule has 0 amide bonds. The minimum absolute atomic E-state index is 0.107. The van der Waals surface area contributed by atoms with E-state index in [0.29, 0.717) is 19.3 Å². The Labute approximate surface area is 653 Å². The number of carbonyl (C=O) groups is 3. The molecule has 18 heteroatoms. The van der Waals surface area contributed by atoms with Crippen LogP contribution in [0.4, 0.5) is 0 Å². The average Bonchev–Trinajstić information content (AvgIpc) is 1.06. The highest BCUT2D eigenvalue weighted by Crippen LogP contribution is 2.45. The maximum absolute atomic E-state index is 13.0. The van der Waals surface area contributed by atoms with Gasteiger partial charge in [-0.15, -0.1) is 0 Å². The number of aliphatic hydroxyl groups excluding tert-OH is 2. The van der Waals surface area contributed by atoms with Gasteiger partial charge >= 0.3 is 33.6 Å². The molecule has 4 N–H and O–H groups in total. The van der Waals surface area contributed by atoms with Gasteiger partial charge in [-0.2, -0.15) is 0 Å². The van der Waals surface area contributed by atoms with Gasteiger partial charge in [0.05, 0.1) is 26.4 Å². The summed E-state index contributed by atoms with van der Waals surface area (Å²) in [6.45, 7) is 2.50. The largest absolute Gasteiger partial charge is 0.472 e. The zero-order chi connectivity index (χ0) is 78.0. The van der Waals surface area contributed by atoms with Crippen LogP contribution in [0, 0.1) is 0 Å². The minimum atomic E-state index is -4.93. The van der Waals surface area contributed by atoms with Crippen LogP contribution in [0.5, 0.6) is 0 Å². The summed E-state index contributed by atoms with van der Waals surface area (Å²) >= 11 is 0. The first-order valence-corrected chi connectivity index (χ1v) is 45.8. The van der Waals surface area contributed by atoms with Crippen LogP contribution < -0.4 is 0 Å². The van der Waals surface area contributed by atoms with Gasteiger partial charge in [-0.05, 0) is 109 Å². The maximum atomic E-state index is 13.0. The molecule has 5 unspecified atom stereocenters. The van der Waals surface area contributed by atoms with Crippen molar-refractivity contribution in [3.8, 4) is 0 Å². The SMILES string of the molecule is CC/C=C\C/C=C\C/C=C\C/C=C\C/C=C\CCCCCCCCCCCCCCCCCC(=O)OCC(O)COP(=O)(O)OCC(O)COP(=O)(O)OCC(COC(=O)CCCCCCCCCCCCC/C=C\C/C=C\C/C=C\C/C=C\C/C=C\CC)OC(=O)CCCCCCCCCCCCCCC. The quantitative estimate of drug-likeness (QED) is 0.0146. The Balaban J connectivity index is 4.44. The van der Waals surface area contributed by atoms with Gasteiger partial charge in [0.2, 0.25) is 0 Å². The van der Waals surface area contributed by atoms with Gasteiger partial charge in [-0.1, -0.05) is 361 Å². The van der Waals surface area contributed by atoms with E-state index < -0.39 is 91.5 Å². The molecule has 16 nitrogen and oxygen atoms in total. The minimum Gasteiger partial charge on any atom is -0.463 e. The van der Waals surface area contributed by atoms with E-state index >= 15 is 0 Å². The first-order chi connectivity index (χ1) is 52.2. The number of unbranched alkanes of at least 4 members (excludes halogenated alkanes) is 38. The fraction of sp³-hybridized carbons (Fsp3) is 0.742. The van der Waals surface area contributed by atoms with E-state index in [9.17, 15) is 43.5 Å². The van der Waals surface area contributed by atoms with Crippen LogP contribution in [-0.2, 0) is 55.8 Å². The van der Waals surface area contributed by atoms with Crippen LogP contribution in [0.2, 0.25) is 0 Å². The molecule has 0 spiro atoms. The highest BCUT2D eigenvalue weighted by Gasteiger charge is 2.29. The van der Waals surface area contributed by atoms with Crippen molar-refractivity contribution >= 4 is 33.6 Å². The van der Waals surface area contributed by atoms with E-state index in [-0.39, 0.29) is 19.3 Å². The molecule has 0 radical (unpaired) electrons. The lowest BCUT2D eigenvalue weighted by Crippen LogP contribution is -2.30. The monoisotopic (exact) mass is 1540 g/mol. The van der Waals surface area contributed by atoms with Crippen LogP contribution in [0.15, 0.2) is 122 Å². The van der Waals surface area contributed by atoms with Gasteiger partial charge in [0.1, 0.15) is 25.4 Å². The summed E-state index contributed by atoms with van der Waals surface area (Å²) < 4.78 is 61.3. The number of rotatable bonds is 81. The molecule has 0 rings (SSSR count). The van der Waals surface area contributed by atoms with E-state index in [0.717, 1.165) is 141 Å². The van der Waals surface area contributed by atoms with Crippen molar-refractivity contribution in [3.05, 3.63) is 122 Å². The van der Waals surface area contributed by atoms with Gasteiger partial charge in [0, 0.05) is 19.3 Å². The molecular formula is C89H156O16P2. The second kappa shape index (κ2) is 81.4. The van der Waals surface area contributed by atoms with Crippen LogP contribution >= 0.6 is 15.6 Å². The molecule has 0 aromatic rings. The van der Waals surface area contributed by atoms with Crippen LogP contribution in [-0.4, -0.2) is 95.9 Å². The van der Waals surface area contributed by atoms with Crippen molar-refractivity contribution in [1.82, 2.24) is 0 Å². The number of aliphatic hydroxyl groups is 2. The molecule has 0 aromatic carbocycles. The Morgan fingerprint density at radius 1 is 0.271 bits per heavy atom. The Morgan fingerprint density at radius 2 is 0.495 bits per heavy atom. The van der Waals surface area contributed by atoms with Gasteiger partial charge < -0.3 is 34.2 Å². The van der Waals surface area contributed by atoms with Crippen LogP contribution in [0.25, 0.3) is 0 Å². The normalized spacial score (nSPS) is 14.5. The third-order valence-corrected chi connectivity index (χ3v) is 20.1. The molecule has 0 aliphatic carbocycles. The summed E-state index contributed by atoms with van der Waals surface area (Å²) in [4.78, 5) is 58.8. The Bertz CT molecular complexity index is 2430. The number of allylic oxidation sites excluding steroid dienone is 20. The van der Waals surface area contributed by atoms with Crippen molar-refractivity contribution < 1.29 is 75.8 Å². The molecule has 0 fully saturated rings. The highest BCUT2D eigenvalue weighted by molar-refractivity contribution is 7.47. The fourth-order valence-corrected chi connectivity index (χ4v) is 13.3. The van der Waals surface area contributed by atoms with Gasteiger partial charge in [-0.3, -0.25) is 32.5 Å². The zero-order valence-electron chi connectivity index (χ0n) is 67.8. The van der Waals surface area contributed by atoms with Crippen LogP contribution in [0.1, 0.15) is 367 Å². The average molecular weight is 1540 g/mol. The summed E-state index contributed by atoms with van der Waals surface area (Å²) in [6.07, 6.45) is 98.3. The summed E-state index contributed by atoms with van der Waals surface area (Å²) in [5.41, 5.74) is 0. The summed E-state index contributed by atoms with van der Waals surface area (Å²) in [5, 5.41) is 20.7. The predicted octanol–water partition coefficient (Wildman–Crippen LogP) is 25.7. The van der Waals surface area contributed by atoms with E-state index in [1.807, 2.05) is 0 Å². The predicted molar refractivity (Wildman–Crippen MR) is 445 cm³/mol. The standard InChI is InChI=1S/C89H156O16P2/c1-4-7-10-13-16-19-22-25-27-29-31-33-35-37-39-40-41-42-44-46-47-49-51-53-55-58-60-63-66-69-72-75-87(92)99-78-84(90)79-101-106(95,96)102-80-85(91)81-103-107(97,98)104-83-86(105-89(94)77-74-71-68-65-62-57-24-21-18-15-12-9-6-3)82-100-88(93)76-73-70-67-64-61-59-56-54-52-50-48-45-43-38-36-34-32-30-28-26-23-20-17-14-11-8-5-2/h7-8,10-11,16-17,19-20,25-28,31-34,37-39,43,84-86,90-91H,4-6,9,12-15,18,21-24,29-30,35-36,40-42,44-83H2,1-3H3,(H,95,96)(H,97,98)/b10-7-,11-8-,19-16-,20-17-,27-25-,28-26-,33-31-,34-32-,39-37-,43-38-. The third kappa shape index (κ3) is 82.7.